The lowest BCUT2D eigenvalue weighted by atomic mass is 9.92. The average molecular weight is 427 g/mol. The summed E-state index contributed by atoms with van der Waals surface area (Å²) < 4.78 is 17.2. The number of ether oxygens (including phenoxy) is 3. The third kappa shape index (κ3) is 5.89. The summed E-state index contributed by atoms with van der Waals surface area (Å²) in [6.45, 7) is 5.22. The van der Waals surface area contributed by atoms with E-state index in [0.29, 0.717) is 13.2 Å². The number of hydrogen-bond donors (Lipinski definition) is 1. The Balaban J connectivity index is 1.34. The zero-order chi connectivity index (χ0) is 19.9. The van der Waals surface area contributed by atoms with E-state index >= 15 is 0 Å². The van der Waals surface area contributed by atoms with Crippen LogP contribution in [0.4, 0.5) is 0 Å². The number of benzene rings is 1. The molecule has 2 aliphatic rings. The summed E-state index contributed by atoms with van der Waals surface area (Å²) in [6, 6.07) is 10.1. The molecule has 1 atom stereocenters. The van der Waals surface area contributed by atoms with Crippen LogP contribution in [0.3, 0.4) is 0 Å². The molecular weight excluding hydrogens is 392 g/mol. The maximum atomic E-state index is 11.1. The molecule has 0 amide bonds. The maximum absolute atomic E-state index is 11.1. The van der Waals surface area contributed by atoms with Crippen LogP contribution < -0.4 is 0 Å². The van der Waals surface area contributed by atoms with Crippen molar-refractivity contribution in [2.75, 3.05) is 18.1 Å². The van der Waals surface area contributed by atoms with Crippen molar-refractivity contribution in [1.82, 2.24) is 0 Å². The normalized spacial score (nSPS) is 26.4. The van der Waals surface area contributed by atoms with E-state index in [0.717, 1.165) is 49.2 Å². The fourth-order valence-corrected chi connectivity index (χ4v) is 7.54. The van der Waals surface area contributed by atoms with E-state index in [1.165, 1.54) is 6.42 Å². The second-order valence-corrected chi connectivity index (χ2v) is 10.9. The van der Waals surface area contributed by atoms with Crippen LogP contribution >= 0.6 is 23.5 Å². The first-order chi connectivity index (χ1) is 13.5. The van der Waals surface area contributed by atoms with Crippen molar-refractivity contribution < 1.29 is 19.3 Å². The van der Waals surface area contributed by atoms with Crippen molar-refractivity contribution in [2.24, 2.45) is 0 Å². The van der Waals surface area contributed by atoms with Gasteiger partial charge < -0.3 is 19.3 Å². The molecule has 6 heteroatoms. The molecule has 0 bridgehead atoms. The largest absolute Gasteiger partial charge is 0.388 e. The van der Waals surface area contributed by atoms with Crippen LogP contribution in [0.2, 0.25) is 0 Å². The third-order valence-electron chi connectivity index (χ3n) is 5.43. The molecule has 0 saturated carbocycles. The molecule has 1 unspecified atom stereocenters. The Bertz CT molecular complexity index is 569. The summed E-state index contributed by atoms with van der Waals surface area (Å²) >= 11 is 3.91. The highest BCUT2D eigenvalue weighted by Gasteiger charge is 2.48. The first kappa shape index (κ1) is 22.4. The third-order valence-corrected chi connectivity index (χ3v) is 9.35. The minimum absolute atomic E-state index is 0.0940. The van der Waals surface area contributed by atoms with Gasteiger partial charge in [-0.05, 0) is 56.1 Å². The molecule has 2 heterocycles. The first-order valence-electron chi connectivity index (χ1n) is 10.5. The van der Waals surface area contributed by atoms with Crippen LogP contribution in [0.15, 0.2) is 30.3 Å². The molecule has 1 aromatic carbocycles. The zero-order valence-electron chi connectivity index (χ0n) is 17.1. The summed E-state index contributed by atoms with van der Waals surface area (Å²) in [5, 5.41) is 11.1. The molecule has 158 valence electrons. The van der Waals surface area contributed by atoms with Crippen LogP contribution in [-0.4, -0.2) is 45.5 Å². The lowest BCUT2D eigenvalue weighted by molar-refractivity contribution is -0.394. The van der Waals surface area contributed by atoms with Gasteiger partial charge in [0.25, 0.3) is 0 Å². The summed E-state index contributed by atoms with van der Waals surface area (Å²) in [4.78, 5) is 0. The van der Waals surface area contributed by atoms with E-state index < -0.39 is 5.60 Å². The van der Waals surface area contributed by atoms with Gasteiger partial charge in [0, 0.05) is 0 Å². The summed E-state index contributed by atoms with van der Waals surface area (Å²) in [5.41, 5.74) is 0.525. The highest BCUT2D eigenvalue weighted by Crippen LogP contribution is 2.54. The van der Waals surface area contributed by atoms with Crippen LogP contribution in [0.5, 0.6) is 0 Å². The molecular formula is C22H34O4S2. The lowest BCUT2D eigenvalue weighted by Gasteiger charge is -2.47. The summed E-state index contributed by atoms with van der Waals surface area (Å²) in [7, 11) is 0. The fourth-order valence-electron chi connectivity index (χ4n) is 3.89. The van der Waals surface area contributed by atoms with Gasteiger partial charge in [0.2, 0.25) is 0 Å². The molecule has 1 N–H and O–H groups in total. The average Bonchev–Trinajstić information content (AvgIpc) is 2.67. The van der Waals surface area contributed by atoms with Gasteiger partial charge in [-0.1, -0.05) is 43.7 Å². The molecule has 3 rings (SSSR count). The standard InChI is InChI=1S/C22H34O4S2/c1-3-12-21(2,23)22(27-14-8-15-28-22)13-7-11-19-25-20(26-19)17-24-16-18-9-5-4-6-10-18/h4-6,9-10,19-20,23H,3,7-8,11-17H2,1-2H3. The van der Waals surface area contributed by atoms with Crippen molar-refractivity contribution in [2.45, 2.75) is 81.2 Å². The van der Waals surface area contributed by atoms with Gasteiger partial charge in [-0.2, -0.15) is 0 Å². The maximum Gasteiger partial charge on any atom is 0.186 e. The SMILES string of the molecule is CCCC(C)(O)C1(CCCC2OC(COCc3ccccc3)O2)SCCCS1. The van der Waals surface area contributed by atoms with Crippen molar-refractivity contribution in [3.8, 4) is 0 Å². The predicted octanol–water partition coefficient (Wildman–Crippen LogP) is 5.19. The molecule has 0 aromatic heterocycles. The minimum atomic E-state index is -0.632. The van der Waals surface area contributed by atoms with Crippen molar-refractivity contribution in [3.05, 3.63) is 35.9 Å². The minimum Gasteiger partial charge on any atom is -0.388 e. The highest BCUT2D eigenvalue weighted by molar-refractivity contribution is 8.18. The second kappa shape index (κ2) is 10.7. The lowest BCUT2D eigenvalue weighted by Crippen LogP contribution is -2.49. The van der Waals surface area contributed by atoms with E-state index in [9.17, 15) is 5.11 Å². The number of thioether (sulfide) groups is 2. The Labute approximate surface area is 178 Å². The van der Waals surface area contributed by atoms with Gasteiger partial charge >= 0.3 is 0 Å². The summed E-state index contributed by atoms with van der Waals surface area (Å²) in [5.74, 6) is 2.29. The quantitative estimate of drug-likeness (QED) is 0.525. The Hall–Kier alpha value is -0.240. The van der Waals surface area contributed by atoms with E-state index in [2.05, 4.69) is 19.1 Å². The van der Waals surface area contributed by atoms with E-state index in [4.69, 9.17) is 14.2 Å². The molecule has 2 saturated heterocycles. The molecule has 0 radical (unpaired) electrons. The molecule has 28 heavy (non-hydrogen) atoms. The van der Waals surface area contributed by atoms with Gasteiger partial charge in [0.15, 0.2) is 12.6 Å². The molecule has 1 aromatic rings. The predicted molar refractivity (Wildman–Crippen MR) is 117 cm³/mol. The molecule has 4 nitrogen and oxygen atoms in total. The highest BCUT2D eigenvalue weighted by atomic mass is 32.2. The smallest absolute Gasteiger partial charge is 0.186 e. The Morgan fingerprint density at radius 2 is 1.89 bits per heavy atom. The topological polar surface area (TPSA) is 47.9 Å². The Morgan fingerprint density at radius 3 is 2.57 bits per heavy atom. The molecule has 0 spiro atoms. The van der Waals surface area contributed by atoms with Crippen LogP contribution in [0.25, 0.3) is 0 Å². The number of aliphatic hydroxyl groups is 1. The van der Waals surface area contributed by atoms with Crippen molar-refractivity contribution >= 4 is 23.5 Å². The summed E-state index contributed by atoms with van der Waals surface area (Å²) in [6.07, 6.45) is 5.59. The Morgan fingerprint density at radius 1 is 1.18 bits per heavy atom. The Kier molecular flexibility index (Phi) is 8.57. The fraction of sp³-hybridized carbons (Fsp3) is 0.727. The molecule has 2 fully saturated rings. The van der Waals surface area contributed by atoms with E-state index in [1.54, 1.807) is 0 Å². The number of hydrogen-bond acceptors (Lipinski definition) is 6. The van der Waals surface area contributed by atoms with E-state index in [-0.39, 0.29) is 16.7 Å². The first-order valence-corrected chi connectivity index (χ1v) is 12.4. The molecule has 0 aliphatic carbocycles. The van der Waals surface area contributed by atoms with Crippen LogP contribution in [0, 0.1) is 0 Å². The van der Waals surface area contributed by atoms with Gasteiger partial charge in [-0.25, -0.2) is 0 Å². The second-order valence-electron chi connectivity index (χ2n) is 7.85. The van der Waals surface area contributed by atoms with Gasteiger partial charge in [-0.3, -0.25) is 0 Å². The zero-order valence-corrected chi connectivity index (χ0v) is 18.7. The monoisotopic (exact) mass is 426 g/mol. The van der Waals surface area contributed by atoms with E-state index in [1.807, 2.05) is 48.6 Å². The van der Waals surface area contributed by atoms with Gasteiger partial charge in [0.05, 0.1) is 22.9 Å². The van der Waals surface area contributed by atoms with Crippen molar-refractivity contribution in [1.29, 1.82) is 0 Å². The number of rotatable bonds is 11. The van der Waals surface area contributed by atoms with Gasteiger partial charge in [-0.15, -0.1) is 23.5 Å². The van der Waals surface area contributed by atoms with Crippen LogP contribution in [0.1, 0.15) is 57.9 Å². The van der Waals surface area contributed by atoms with Crippen molar-refractivity contribution in [3.63, 3.8) is 0 Å². The van der Waals surface area contributed by atoms with Crippen LogP contribution in [-0.2, 0) is 20.8 Å². The van der Waals surface area contributed by atoms with Gasteiger partial charge in [0.1, 0.15) is 0 Å². The molecule has 2 aliphatic heterocycles.